The molecule has 0 spiro atoms. The van der Waals surface area contributed by atoms with Crippen LogP contribution >= 0.6 is 0 Å². The summed E-state index contributed by atoms with van der Waals surface area (Å²) in [6, 6.07) is 0. The predicted molar refractivity (Wildman–Crippen MR) is 51.3 cm³/mol. The van der Waals surface area contributed by atoms with Crippen LogP contribution in [-0.2, 0) is 4.74 Å². The summed E-state index contributed by atoms with van der Waals surface area (Å²) < 4.78 is 5.65. The van der Waals surface area contributed by atoms with Crippen molar-refractivity contribution in [2.75, 3.05) is 19.7 Å². The Hall–Kier alpha value is -0.340. The van der Waals surface area contributed by atoms with E-state index < -0.39 is 0 Å². The minimum absolute atomic E-state index is 0.551. The second kappa shape index (κ2) is 6.21. The zero-order chi connectivity index (χ0) is 8.65. The molecule has 0 aliphatic heterocycles. The number of rotatable bonds is 6. The SMILES string of the molecule is C=CCNCCOC1CCCC1. The van der Waals surface area contributed by atoms with Gasteiger partial charge in [0.1, 0.15) is 0 Å². The molecule has 0 bridgehead atoms. The zero-order valence-corrected chi connectivity index (χ0v) is 7.72. The van der Waals surface area contributed by atoms with Crippen LogP contribution < -0.4 is 5.32 Å². The van der Waals surface area contributed by atoms with Crippen molar-refractivity contribution in [3.8, 4) is 0 Å². The fourth-order valence-electron chi connectivity index (χ4n) is 1.56. The Kier molecular flexibility index (Phi) is 5.04. The quantitative estimate of drug-likeness (QED) is 0.483. The van der Waals surface area contributed by atoms with Gasteiger partial charge in [-0.3, -0.25) is 0 Å². The Bertz CT molecular complexity index is 119. The van der Waals surface area contributed by atoms with Crippen LogP contribution in [0.2, 0.25) is 0 Å². The summed E-state index contributed by atoms with van der Waals surface area (Å²) in [5, 5.41) is 3.22. The fraction of sp³-hybridized carbons (Fsp3) is 0.800. The van der Waals surface area contributed by atoms with Gasteiger partial charge in [-0.2, -0.15) is 0 Å². The molecule has 1 rings (SSSR count). The molecule has 12 heavy (non-hydrogen) atoms. The van der Waals surface area contributed by atoms with E-state index in [9.17, 15) is 0 Å². The van der Waals surface area contributed by atoms with Crippen LogP contribution in [0, 0.1) is 0 Å². The first-order chi connectivity index (χ1) is 5.93. The van der Waals surface area contributed by atoms with Gasteiger partial charge in [-0.25, -0.2) is 0 Å². The first-order valence-corrected chi connectivity index (χ1v) is 4.86. The van der Waals surface area contributed by atoms with Gasteiger partial charge in [0.05, 0.1) is 12.7 Å². The van der Waals surface area contributed by atoms with E-state index in [4.69, 9.17) is 4.74 Å². The van der Waals surface area contributed by atoms with Crippen molar-refractivity contribution < 1.29 is 4.74 Å². The highest BCUT2D eigenvalue weighted by Gasteiger charge is 2.14. The van der Waals surface area contributed by atoms with E-state index in [2.05, 4.69) is 11.9 Å². The largest absolute Gasteiger partial charge is 0.377 e. The van der Waals surface area contributed by atoms with E-state index in [-0.39, 0.29) is 0 Å². The molecule has 0 aromatic heterocycles. The van der Waals surface area contributed by atoms with Gasteiger partial charge in [-0.15, -0.1) is 6.58 Å². The molecule has 0 saturated heterocycles. The molecule has 1 fully saturated rings. The topological polar surface area (TPSA) is 21.3 Å². The van der Waals surface area contributed by atoms with E-state index in [0.29, 0.717) is 6.10 Å². The Labute approximate surface area is 75.0 Å². The minimum Gasteiger partial charge on any atom is -0.377 e. The summed E-state index contributed by atoms with van der Waals surface area (Å²) in [5.74, 6) is 0. The van der Waals surface area contributed by atoms with Crippen molar-refractivity contribution in [3.63, 3.8) is 0 Å². The van der Waals surface area contributed by atoms with Crippen molar-refractivity contribution in [1.29, 1.82) is 0 Å². The zero-order valence-electron chi connectivity index (χ0n) is 7.72. The van der Waals surface area contributed by atoms with Gasteiger partial charge in [0.2, 0.25) is 0 Å². The highest BCUT2D eigenvalue weighted by molar-refractivity contribution is 4.70. The average Bonchev–Trinajstić information content (AvgIpc) is 2.57. The molecule has 0 heterocycles. The molecular weight excluding hydrogens is 150 g/mol. The number of nitrogens with one attached hydrogen (secondary N) is 1. The molecule has 0 unspecified atom stereocenters. The normalized spacial score (nSPS) is 18.3. The predicted octanol–water partition coefficient (Wildman–Crippen LogP) is 1.72. The van der Waals surface area contributed by atoms with Crippen molar-refractivity contribution in [2.24, 2.45) is 0 Å². The van der Waals surface area contributed by atoms with E-state index in [1.807, 2.05) is 6.08 Å². The Morgan fingerprint density at radius 3 is 2.83 bits per heavy atom. The lowest BCUT2D eigenvalue weighted by Gasteiger charge is -2.10. The maximum absolute atomic E-state index is 5.65. The summed E-state index contributed by atoms with van der Waals surface area (Å²) in [6.45, 7) is 6.31. The molecule has 2 nitrogen and oxygen atoms in total. The third-order valence-corrected chi connectivity index (χ3v) is 2.22. The highest BCUT2D eigenvalue weighted by Crippen LogP contribution is 2.20. The minimum atomic E-state index is 0.551. The summed E-state index contributed by atoms with van der Waals surface area (Å²) in [4.78, 5) is 0. The van der Waals surface area contributed by atoms with Crippen molar-refractivity contribution in [3.05, 3.63) is 12.7 Å². The first kappa shape index (κ1) is 9.75. The maximum atomic E-state index is 5.65. The number of ether oxygens (including phenoxy) is 1. The van der Waals surface area contributed by atoms with Crippen LogP contribution in [-0.4, -0.2) is 25.8 Å². The average molecular weight is 169 g/mol. The Balaban J connectivity index is 1.84. The molecule has 0 aromatic carbocycles. The van der Waals surface area contributed by atoms with Crippen LogP contribution in [0.25, 0.3) is 0 Å². The highest BCUT2D eigenvalue weighted by atomic mass is 16.5. The molecular formula is C10H19NO. The van der Waals surface area contributed by atoms with E-state index >= 15 is 0 Å². The molecule has 0 atom stereocenters. The maximum Gasteiger partial charge on any atom is 0.0594 e. The van der Waals surface area contributed by atoms with Gasteiger partial charge >= 0.3 is 0 Å². The van der Waals surface area contributed by atoms with Crippen LogP contribution in [0.1, 0.15) is 25.7 Å². The molecule has 0 radical (unpaired) electrons. The standard InChI is InChI=1S/C10H19NO/c1-2-7-11-8-9-12-10-5-3-4-6-10/h2,10-11H,1,3-9H2. The molecule has 0 amide bonds. The lowest BCUT2D eigenvalue weighted by molar-refractivity contribution is 0.0608. The molecule has 70 valence electrons. The van der Waals surface area contributed by atoms with Gasteiger partial charge in [-0.1, -0.05) is 18.9 Å². The van der Waals surface area contributed by atoms with Crippen molar-refractivity contribution >= 4 is 0 Å². The van der Waals surface area contributed by atoms with E-state index in [1.165, 1.54) is 25.7 Å². The van der Waals surface area contributed by atoms with Crippen LogP contribution in [0.3, 0.4) is 0 Å². The van der Waals surface area contributed by atoms with Gasteiger partial charge in [0, 0.05) is 13.1 Å². The van der Waals surface area contributed by atoms with Crippen LogP contribution in [0.5, 0.6) is 0 Å². The van der Waals surface area contributed by atoms with Crippen LogP contribution in [0.4, 0.5) is 0 Å². The number of hydrogen-bond acceptors (Lipinski definition) is 2. The molecule has 1 aliphatic carbocycles. The number of hydrogen-bond donors (Lipinski definition) is 1. The Morgan fingerprint density at radius 2 is 2.17 bits per heavy atom. The van der Waals surface area contributed by atoms with E-state index in [1.54, 1.807) is 0 Å². The van der Waals surface area contributed by atoms with Crippen LogP contribution in [0.15, 0.2) is 12.7 Å². The first-order valence-electron chi connectivity index (χ1n) is 4.86. The fourth-order valence-corrected chi connectivity index (χ4v) is 1.56. The summed E-state index contributed by atoms with van der Waals surface area (Å²) in [6.07, 6.45) is 7.66. The van der Waals surface area contributed by atoms with Gasteiger partial charge in [0.25, 0.3) is 0 Å². The summed E-state index contributed by atoms with van der Waals surface area (Å²) >= 11 is 0. The summed E-state index contributed by atoms with van der Waals surface area (Å²) in [7, 11) is 0. The Morgan fingerprint density at radius 1 is 1.42 bits per heavy atom. The molecule has 1 saturated carbocycles. The monoisotopic (exact) mass is 169 g/mol. The third kappa shape index (κ3) is 3.88. The van der Waals surface area contributed by atoms with Gasteiger partial charge in [-0.05, 0) is 12.8 Å². The smallest absolute Gasteiger partial charge is 0.0594 e. The summed E-state index contributed by atoms with van der Waals surface area (Å²) in [5.41, 5.74) is 0. The second-order valence-corrected chi connectivity index (χ2v) is 3.27. The molecule has 0 aromatic rings. The lowest BCUT2D eigenvalue weighted by atomic mass is 10.3. The second-order valence-electron chi connectivity index (χ2n) is 3.27. The van der Waals surface area contributed by atoms with Gasteiger partial charge in [0.15, 0.2) is 0 Å². The van der Waals surface area contributed by atoms with Crippen molar-refractivity contribution in [1.82, 2.24) is 5.32 Å². The molecule has 1 N–H and O–H groups in total. The third-order valence-electron chi connectivity index (χ3n) is 2.22. The lowest BCUT2D eigenvalue weighted by Crippen LogP contribution is -2.22. The van der Waals surface area contributed by atoms with E-state index in [0.717, 1.165) is 19.7 Å². The molecule has 1 aliphatic rings. The van der Waals surface area contributed by atoms with Crippen molar-refractivity contribution in [2.45, 2.75) is 31.8 Å². The molecule has 2 heteroatoms. The van der Waals surface area contributed by atoms with Gasteiger partial charge < -0.3 is 10.1 Å².